The predicted molar refractivity (Wildman–Crippen MR) is 56.5 cm³/mol. The first kappa shape index (κ1) is 11.5. The first-order valence-corrected chi connectivity index (χ1v) is 4.11. The molecule has 6 heteroatoms. The number of rotatable bonds is 2. The molecule has 0 fully saturated rings. The molecule has 0 amide bonds. The van der Waals surface area contributed by atoms with Crippen LogP contribution in [0.25, 0.3) is 11.4 Å². The maximum atomic E-state index is 9.23. The van der Waals surface area contributed by atoms with Crippen molar-refractivity contribution in [1.82, 2.24) is 10.1 Å². The van der Waals surface area contributed by atoms with Crippen molar-refractivity contribution in [2.75, 3.05) is 0 Å². The quantitative estimate of drug-likeness (QED) is 0.808. The van der Waals surface area contributed by atoms with Crippen molar-refractivity contribution in [3.05, 3.63) is 30.2 Å². The molecule has 0 bridgehead atoms. The Hall–Kier alpha value is -1.59. The Balaban J connectivity index is 0.00000112. The van der Waals surface area contributed by atoms with Gasteiger partial charge in [0.1, 0.15) is 5.75 Å². The summed E-state index contributed by atoms with van der Waals surface area (Å²) in [5.74, 6) is 0.978. The number of hydrogen-bond donors (Lipinski definition) is 2. The molecule has 15 heavy (non-hydrogen) atoms. The highest BCUT2D eigenvalue weighted by Crippen LogP contribution is 2.19. The number of aromatic hydroxyl groups is 1. The van der Waals surface area contributed by atoms with E-state index in [9.17, 15) is 5.11 Å². The summed E-state index contributed by atoms with van der Waals surface area (Å²) in [5, 5.41) is 12.9. The fourth-order valence-corrected chi connectivity index (χ4v) is 1.10. The number of benzene rings is 1. The molecule has 2 aromatic rings. The number of nitrogens with two attached hydrogens (primary N) is 1. The standard InChI is InChI=1S/C9H9N3O2.ClH/c10-5-8-11-9(12-14-8)6-2-1-3-7(13)4-6;/h1-4,13H,5,10H2;1H. The van der Waals surface area contributed by atoms with Crippen LogP contribution >= 0.6 is 12.4 Å². The molecule has 1 aromatic heterocycles. The van der Waals surface area contributed by atoms with Crippen molar-refractivity contribution in [3.63, 3.8) is 0 Å². The highest BCUT2D eigenvalue weighted by Gasteiger charge is 2.06. The van der Waals surface area contributed by atoms with E-state index in [2.05, 4.69) is 10.1 Å². The van der Waals surface area contributed by atoms with Crippen LogP contribution in [0, 0.1) is 0 Å². The maximum absolute atomic E-state index is 9.23. The largest absolute Gasteiger partial charge is 0.508 e. The van der Waals surface area contributed by atoms with Crippen LogP contribution in [0.15, 0.2) is 28.8 Å². The Morgan fingerprint density at radius 2 is 2.20 bits per heavy atom. The van der Waals surface area contributed by atoms with Gasteiger partial charge in [0.05, 0.1) is 6.54 Å². The summed E-state index contributed by atoms with van der Waals surface area (Å²) >= 11 is 0. The zero-order valence-electron chi connectivity index (χ0n) is 7.75. The van der Waals surface area contributed by atoms with Gasteiger partial charge in [-0.1, -0.05) is 17.3 Å². The third-order valence-electron chi connectivity index (χ3n) is 1.75. The summed E-state index contributed by atoms with van der Waals surface area (Å²) in [5.41, 5.74) is 6.03. The van der Waals surface area contributed by atoms with Crippen molar-refractivity contribution < 1.29 is 9.63 Å². The van der Waals surface area contributed by atoms with Crippen LogP contribution in [-0.4, -0.2) is 15.2 Å². The zero-order chi connectivity index (χ0) is 9.97. The van der Waals surface area contributed by atoms with Crippen LogP contribution < -0.4 is 5.73 Å². The first-order chi connectivity index (χ1) is 6.79. The van der Waals surface area contributed by atoms with E-state index in [1.54, 1.807) is 24.3 Å². The van der Waals surface area contributed by atoms with Crippen molar-refractivity contribution in [3.8, 4) is 17.1 Å². The lowest BCUT2D eigenvalue weighted by Gasteiger charge is -1.94. The molecule has 1 aromatic carbocycles. The molecule has 5 nitrogen and oxygen atoms in total. The van der Waals surface area contributed by atoms with Gasteiger partial charge in [0.25, 0.3) is 0 Å². The predicted octanol–water partition coefficient (Wildman–Crippen LogP) is 1.32. The van der Waals surface area contributed by atoms with Crippen LogP contribution in [0.2, 0.25) is 0 Å². The van der Waals surface area contributed by atoms with Gasteiger partial charge in [0.15, 0.2) is 0 Å². The number of phenolic OH excluding ortho intramolecular Hbond substituents is 1. The molecule has 0 radical (unpaired) electrons. The van der Waals surface area contributed by atoms with Gasteiger partial charge in [-0.25, -0.2) is 0 Å². The lowest BCUT2D eigenvalue weighted by molar-refractivity contribution is 0.380. The van der Waals surface area contributed by atoms with E-state index < -0.39 is 0 Å². The second-order valence-electron chi connectivity index (χ2n) is 2.77. The molecule has 1 heterocycles. The summed E-state index contributed by atoms with van der Waals surface area (Å²) in [6.07, 6.45) is 0. The molecule has 0 aliphatic rings. The number of phenols is 1. The van der Waals surface area contributed by atoms with Crippen molar-refractivity contribution >= 4 is 12.4 Å². The summed E-state index contributed by atoms with van der Waals surface area (Å²) < 4.78 is 4.84. The van der Waals surface area contributed by atoms with E-state index >= 15 is 0 Å². The number of aromatic nitrogens is 2. The third kappa shape index (κ3) is 2.45. The second-order valence-corrected chi connectivity index (χ2v) is 2.77. The van der Waals surface area contributed by atoms with E-state index in [0.717, 1.165) is 0 Å². The van der Waals surface area contributed by atoms with E-state index in [-0.39, 0.29) is 24.7 Å². The molecule has 2 rings (SSSR count). The molecule has 0 saturated carbocycles. The lowest BCUT2D eigenvalue weighted by atomic mass is 10.2. The average Bonchev–Trinajstić information content (AvgIpc) is 2.66. The Morgan fingerprint density at radius 3 is 2.80 bits per heavy atom. The molecular weight excluding hydrogens is 218 g/mol. The van der Waals surface area contributed by atoms with Gasteiger partial charge in [-0.2, -0.15) is 4.98 Å². The minimum absolute atomic E-state index is 0. The highest BCUT2D eigenvalue weighted by atomic mass is 35.5. The van der Waals surface area contributed by atoms with E-state index in [1.807, 2.05) is 0 Å². The number of halogens is 1. The smallest absolute Gasteiger partial charge is 0.240 e. The molecular formula is C9H10ClN3O2. The summed E-state index contributed by atoms with van der Waals surface area (Å²) in [7, 11) is 0. The van der Waals surface area contributed by atoms with Gasteiger partial charge in [-0.15, -0.1) is 12.4 Å². The van der Waals surface area contributed by atoms with E-state index in [0.29, 0.717) is 17.3 Å². The molecule has 0 unspecified atom stereocenters. The second kappa shape index (κ2) is 4.77. The topological polar surface area (TPSA) is 85.2 Å². The fraction of sp³-hybridized carbons (Fsp3) is 0.111. The zero-order valence-corrected chi connectivity index (χ0v) is 8.57. The van der Waals surface area contributed by atoms with Crippen LogP contribution in [0.1, 0.15) is 5.89 Å². The molecule has 0 atom stereocenters. The molecule has 0 aliphatic carbocycles. The van der Waals surface area contributed by atoms with Gasteiger partial charge in [0, 0.05) is 5.56 Å². The number of nitrogens with zero attached hydrogens (tertiary/aromatic N) is 2. The first-order valence-electron chi connectivity index (χ1n) is 4.11. The van der Waals surface area contributed by atoms with Gasteiger partial charge < -0.3 is 15.4 Å². The van der Waals surface area contributed by atoms with Crippen molar-refractivity contribution in [2.45, 2.75) is 6.54 Å². The van der Waals surface area contributed by atoms with Gasteiger partial charge >= 0.3 is 0 Å². The van der Waals surface area contributed by atoms with Crippen LogP contribution in [0.4, 0.5) is 0 Å². The van der Waals surface area contributed by atoms with Crippen LogP contribution in [0.3, 0.4) is 0 Å². The summed E-state index contributed by atoms with van der Waals surface area (Å²) in [4.78, 5) is 4.03. The third-order valence-corrected chi connectivity index (χ3v) is 1.75. The molecule has 0 spiro atoms. The maximum Gasteiger partial charge on any atom is 0.240 e. The average molecular weight is 228 g/mol. The van der Waals surface area contributed by atoms with Crippen molar-refractivity contribution in [1.29, 1.82) is 0 Å². The Bertz CT molecular complexity index is 444. The Labute approximate surface area is 92.3 Å². The summed E-state index contributed by atoms with van der Waals surface area (Å²) in [6.45, 7) is 0.214. The minimum atomic E-state index is 0. The van der Waals surface area contributed by atoms with E-state index in [4.69, 9.17) is 10.3 Å². The molecule has 3 N–H and O–H groups in total. The summed E-state index contributed by atoms with van der Waals surface area (Å²) in [6, 6.07) is 6.63. The SMILES string of the molecule is Cl.NCc1nc(-c2cccc(O)c2)no1. The van der Waals surface area contributed by atoms with Crippen LogP contribution in [-0.2, 0) is 6.54 Å². The fourth-order valence-electron chi connectivity index (χ4n) is 1.10. The molecule has 0 saturated heterocycles. The normalized spacial score (nSPS) is 9.67. The Kier molecular flexibility index (Phi) is 3.65. The molecule has 80 valence electrons. The van der Waals surface area contributed by atoms with Gasteiger partial charge in [0.2, 0.25) is 11.7 Å². The Morgan fingerprint density at radius 1 is 1.40 bits per heavy atom. The molecule has 0 aliphatic heterocycles. The van der Waals surface area contributed by atoms with E-state index in [1.165, 1.54) is 0 Å². The minimum Gasteiger partial charge on any atom is -0.508 e. The van der Waals surface area contributed by atoms with Gasteiger partial charge in [-0.05, 0) is 12.1 Å². The van der Waals surface area contributed by atoms with Crippen molar-refractivity contribution in [2.24, 2.45) is 5.73 Å². The van der Waals surface area contributed by atoms with Crippen LogP contribution in [0.5, 0.6) is 5.75 Å². The highest BCUT2D eigenvalue weighted by molar-refractivity contribution is 5.85. The van der Waals surface area contributed by atoms with Gasteiger partial charge in [-0.3, -0.25) is 0 Å². The lowest BCUT2D eigenvalue weighted by Crippen LogP contribution is -1.95. The number of hydrogen-bond acceptors (Lipinski definition) is 5. The monoisotopic (exact) mass is 227 g/mol.